The molecule has 27 heavy (non-hydrogen) atoms. The molecule has 1 heterocycles. The van der Waals surface area contributed by atoms with Gasteiger partial charge in [-0.05, 0) is 29.7 Å². The van der Waals surface area contributed by atoms with Crippen molar-refractivity contribution in [2.75, 3.05) is 18.5 Å². The largest absolute Gasteiger partial charge is 0.355 e. The van der Waals surface area contributed by atoms with Crippen molar-refractivity contribution in [3.05, 3.63) is 89.6 Å². The van der Waals surface area contributed by atoms with Gasteiger partial charge in [-0.1, -0.05) is 42.5 Å². The minimum Gasteiger partial charge on any atom is -0.355 e. The number of nitrogens with zero attached hydrogens (tertiary/aromatic N) is 3. The van der Waals surface area contributed by atoms with Crippen molar-refractivity contribution in [2.24, 2.45) is 0 Å². The summed E-state index contributed by atoms with van der Waals surface area (Å²) in [6.07, 6.45) is 2.02. The van der Waals surface area contributed by atoms with Crippen molar-refractivity contribution in [1.82, 2.24) is 15.3 Å². The van der Waals surface area contributed by atoms with Crippen molar-refractivity contribution >= 4 is 11.7 Å². The summed E-state index contributed by atoms with van der Waals surface area (Å²) in [5.74, 6) is 0.155. The first-order chi connectivity index (χ1) is 13.1. The van der Waals surface area contributed by atoms with Crippen LogP contribution < -0.4 is 10.2 Å². The van der Waals surface area contributed by atoms with E-state index >= 15 is 0 Å². The number of aromatic nitrogens is 2. The Hall–Kier alpha value is -3.28. The van der Waals surface area contributed by atoms with E-state index in [2.05, 4.69) is 15.3 Å². The fourth-order valence-electron chi connectivity index (χ4n) is 2.68. The third-order valence-corrected chi connectivity index (χ3v) is 4.15. The maximum atomic E-state index is 12.9. The molecule has 1 amide bonds. The molecule has 0 aliphatic rings. The van der Waals surface area contributed by atoms with E-state index in [0.29, 0.717) is 31.0 Å². The third kappa shape index (κ3) is 5.34. The molecule has 0 fully saturated rings. The molecule has 0 saturated heterocycles. The Bertz CT molecular complexity index is 884. The average molecular weight is 364 g/mol. The van der Waals surface area contributed by atoms with Crippen molar-refractivity contribution in [2.45, 2.75) is 13.0 Å². The molecule has 1 N–H and O–H groups in total. The van der Waals surface area contributed by atoms with Crippen LogP contribution in [0.1, 0.15) is 21.6 Å². The van der Waals surface area contributed by atoms with E-state index in [9.17, 15) is 9.18 Å². The van der Waals surface area contributed by atoms with Crippen LogP contribution in [0.2, 0.25) is 0 Å². The predicted octanol–water partition coefficient (Wildman–Crippen LogP) is 3.22. The topological polar surface area (TPSA) is 58.1 Å². The number of halogens is 1. The van der Waals surface area contributed by atoms with Gasteiger partial charge in [0.1, 0.15) is 23.7 Å². The number of rotatable bonds is 7. The van der Waals surface area contributed by atoms with Gasteiger partial charge >= 0.3 is 0 Å². The number of hydrogen-bond acceptors (Lipinski definition) is 4. The molecule has 0 atom stereocenters. The second-order valence-electron chi connectivity index (χ2n) is 6.24. The van der Waals surface area contributed by atoms with Crippen LogP contribution in [0.25, 0.3) is 0 Å². The van der Waals surface area contributed by atoms with Gasteiger partial charge in [0.05, 0.1) is 0 Å². The zero-order chi connectivity index (χ0) is 19.1. The van der Waals surface area contributed by atoms with Gasteiger partial charge in [0.15, 0.2) is 0 Å². The van der Waals surface area contributed by atoms with Gasteiger partial charge in [-0.3, -0.25) is 4.79 Å². The predicted molar refractivity (Wildman–Crippen MR) is 103 cm³/mol. The summed E-state index contributed by atoms with van der Waals surface area (Å²) in [4.78, 5) is 22.6. The van der Waals surface area contributed by atoms with Crippen LogP contribution in [0.4, 0.5) is 10.2 Å². The first kappa shape index (κ1) is 18.5. The van der Waals surface area contributed by atoms with Gasteiger partial charge in [0.2, 0.25) is 0 Å². The van der Waals surface area contributed by atoms with E-state index in [-0.39, 0.29) is 11.7 Å². The van der Waals surface area contributed by atoms with Crippen LogP contribution in [0, 0.1) is 5.82 Å². The Morgan fingerprint density at radius 3 is 2.52 bits per heavy atom. The number of anilines is 1. The van der Waals surface area contributed by atoms with Crippen LogP contribution in [0.5, 0.6) is 0 Å². The Morgan fingerprint density at radius 1 is 1.04 bits per heavy atom. The maximum Gasteiger partial charge on any atom is 0.270 e. The summed E-state index contributed by atoms with van der Waals surface area (Å²) in [5.41, 5.74) is 2.44. The minimum atomic E-state index is -0.268. The molecule has 0 aliphatic heterocycles. The van der Waals surface area contributed by atoms with Crippen molar-refractivity contribution in [3.63, 3.8) is 0 Å². The highest BCUT2D eigenvalue weighted by atomic mass is 19.1. The van der Waals surface area contributed by atoms with E-state index in [0.717, 1.165) is 11.1 Å². The van der Waals surface area contributed by atoms with E-state index in [1.54, 1.807) is 18.2 Å². The molecule has 0 saturated carbocycles. The Labute approximate surface area is 157 Å². The minimum absolute atomic E-state index is 0.256. The summed E-state index contributed by atoms with van der Waals surface area (Å²) in [6, 6.07) is 18.0. The monoisotopic (exact) mass is 364 g/mol. The van der Waals surface area contributed by atoms with Gasteiger partial charge < -0.3 is 10.2 Å². The molecule has 138 valence electrons. The number of carbonyl (C=O) groups excluding carboxylic acids is 1. The quantitative estimate of drug-likeness (QED) is 0.699. The average Bonchev–Trinajstić information content (AvgIpc) is 2.70. The summed E-state index contributed by atoms with van der Waals surface area (Å²) >= 11 is 0. The molecule has 3 aromatic rings. The van der Waals surface area contributed by atoms with Gasteiger partial charge in [-0.15, -0.1) is 0 Å². The molecule has 1 aromatic heterocycles. The Balaban J connectivity index is 1.57. The zero-order valence-corrected chi connectivity index (χ0v) is 15.1. The smallest absolute Gasteiger partial charge is 0.270 e. The SMILES string of the molecule is CN(Cc1ccccc1)c1cc(C(=O)NCCc2ccc(F)cc2)ncn1. The number of hydrogen-bond donors (Lipinski definition) is 1. The highest BCUT2D eigenvalue weighted by Crippen LogP contribution is 2.13. The van der Waals surface area contributed by atoms with Crippen LogP contribution in [0.3, 0.4) is 0 Å². The third-order valence-electron chi connectivity index (χ3n) is 4.15. The number of amides is 1. The zero-order valence-electron chi connectivity index (χ0n) is 15.1. The normalized spacial score (nSPS) is 10.4. The second kappa shape index (κ2) is 8.89. The number of nitrogens with one attached hydrogen (secondary N) is 1. The first-order valence-electron chi connectivity index (χ1n) is 8.71. The van der Waals surface area contributed by atoms with Crippen LogP contribution in [-0.4, -0.2) is 29.5 Å². The van der Waals surface area contributed by atoms with Gasteiger partial charge in [0, 0.05) is 26.2 Å². The van der Waals surface area contributed by atoms with Crippen LogP contribution in [0.15, 0.2) is 67.0 Å². The van der Waals surface area contributed by atoms with E-state index in [1.165, 1.54) is 18.5 Å². The molecule has 3 rings (SSSR count). The fraction of sp³-hybridized carbons (Fsp3) is 0.190. The lowest BCUT2D eigenvalue weighted by molar-refractivity contribution is 0.0949. The van der Waals surface area contributed by atoms with Crippen molar-refractivity contribution in [1.29, 1.82) is 0 Å². The van der Waals surface area contributed by atoms with Crippen molar-refractivity contribution in [3.8, 4) is 0 Å². The lowest BCUT2D eigenvalue weighted by Crippen LogP contribution is -2.27. The molecule has 0 bridgehead atoms. The number of benzene rings is 2. The molecule has 2 aromatic carbocycles. The molecule has 0 unspecified atom stereocenters. The first-order valence-corrected chi connectivity index (χ1v) is 8.71. The summed E-state index contributed by atoms with van der Waals surface area (Å²) in [5, 5.41) is 2.84. The molecule has 0 radical (unpaired) electrons. The van der Waals surface area contributed by atoms with Crippen molar-refractivity contribution < 1.29 is 9.18 Å². The molecular formula is C21H21FN4O. The Kier molecular flexibility index (Phi) is 6.10. The highest BCUT2D eigenvalue weighted by Gasteiger charge is 2.11. The lowest BCUT2D eigenvalue weighted by atomic mass is 10.1. The summed E-state index contributed by atoms with van der Waals surface area (Å²) in [7, 11) is 1.92. The maximum absolute atomic E-state index is 12.9. The molecule has 0 spiro atoms. The van der Waals surface area contributed by atoms with Gasteiger partial charge in [0.25, 0.3) is 5.91 Å². The second-order valence-corrected chi connectivity index (χ2v) is 6.24. The molecular weight excluding hydrogens is 343 g/mol. The summed E-state index contributed by atoms with van der Waals surface area (Å²) < 4.78 is 12.9. The summed E-state index contributed by atoms with van der Waals surface area (Å²) in [6.45, 7) is 1.13. The number of carbonyl (C=O) groups is 1. The fourth-order valence-corrected chi connectivity index (χ4v) is 2.68. The van der Waals surface area contributed by atoms with Gasteiger partial charge in [-0.2, -0.15) is 0 Å². The molecule has 6 heteroatoms. The van der Waals surface area contributed by atoms with E-state index < -0.39 is 0 Å². The highest BCUT2D eigenvalue weighted by molar-refractivity contribution is 5.92. The molecule has 5 nitrogen and oxygen atoms in total. The Morgan fingerprint density at radius 2 is 1.78 bits per heavy atom. The van der Waals surface area contributed by atoms with Crippen LogP contribution >= 0.6 is 0 Å². The van der Waals surface area contributed by atoms with Gasteiger partial charge in [-0.25, -0.2) is 14.4 Å². The lowest BCUT2D eigenvalue weighted by Gasteiger charge is -2.18. The van der Waals surface area contributed by atoms with E-state index in [4.69, 9.17) is 0 Å². The molecule has 0 aliphatic carbocycles. The van der Waals surface area contributed by atoms with E-state index in [1.807, 2.05) is 42.3 Å². The standard InChI is InChI=1S/C21H21FN4O/c1-26(14-17-5-3-2-4-6-17)20-13-19(24-15-25-20)21(27)23-12-11-16-7-9-18(22)10-8-16/h2-10,13,15H,11-12,14H2,1H3,(H,23,27). The van der Waals surface area contributed by atoms with Crippen LogP contribution in [-0.2, 0) is 13.0 Å².